The summed E-state index contributed by atoms with van der Waals surface area (Å²) in [5.74, 6) is 0.585. The molecule has 2 atom stereocenters. The van der Waals surface area contributed by atoms with E-state index in [0.29, 0.717) is 17.5 Å². The largest absolute Gasteiger partial charge is 0.347 e. The lowest BCUT2D eigenvalue weighted by Crippen LogP contribution is -2.39. The molecular weight excluding hydrogens is 327 g/mol. The number of amides is 1. The van der Waals surface area contributed by atoms with Crippen LogP contribution in [0.3, 0.4) is 0 Å². The zero-order valence-corrected chi connectivity index (χ0v) is 14.4. The third-order valence-corrected chi connectivity index (χ3v) is 5.48. The van der Waals surface area contributed by atoms with E-state index in [2.05, 4.69) is 22.6 Å². The lowest BCUT2D eigenvalue weighted by Gasteiger charge is -2.19. The first-order valence-corrected chi connectivity index (χ1v) is 9.27. The summed E-state index contributed by atoms with van der Waals surface area (Å²) in [5.41, 5.74) is 1.08. The van der Waals surface area contributed by atoms with Gasteiger partial charge in [-0.1, -0.05) is 30.7 Å². The predicted octanol–water partition coefficient (Wildman–Crippen LogP) is 2.87. The first-order valence-electron chi connectivity index (χ1n) is 8.22. The van der Waals surface area contributed by atoms with Gasteiger partial charge in [-0.05, 0) is 36.3 Å². The fourth-order valence-corrected chi connectivity index (χ4v) is 4.25. The molecule has 1 fully saturated rings. The van der Waals surface area contributed by atoms with Crippen molar-refractivity contribution in [3.8, 4) is 0 Å². The molecule has 5 nitrogen and oxygen atoms in total. The number of carbonyl (C=O) groups is 1. The second-order valence-electron chi connectivity index (χ2n) is 5.94. The number of halogens is 1. The lowest BCUT2D eigenvalue weighted by atomic mass is 10.2. The van der Waals surface area contributed by atoms with Crippen LogP contribution < -0.4 is 5.32 Å². The van der Waals surface area contributed by atoms with Gasteiger partial charge < -0.3 is 5.32 Å². The number of benzene rings is 1. The fraction of sp³-hybridized carbons (Fsp3) is 0.471. The molecule has 0 bridgehead atoms. The van der Waals surface area contributed by atoms with Gasteiger partial charge in [0.25, 0.3) is 5.91 Å². The molecule has 1 aromatic heterocycles. The highest BCUT2D eigenvalue weighted by atomic mass is 32.2. The Morgan fingerprint density at radius 2 is 2.33 bits per heavy atom. The van der Waals surface area contributed by atoms with Crippen molar-refractivity contribution >= 4 is 17.7 Å². The minimum absolute atomic E-state index is 0.186. The van der Waals surface area contributed by atoms with Crippen molar-refractivity contribution in [2.24, 2.45) is 0 Å². The maximum atomic E-state index is 13.2. The second-order valence-corrected chi connectivity index (χ2v) is 7.45. The Bertz CT molecular complexity index is 705. The zero-order chi connectivity index (χ0) is 16.9. The highest BCUT2D eigenvalue weighted by Crippen LogP contribution is 2.29. The van der Waals surface area contributed by atoms with E-state index >= 15 is 0 Å². The van der Waals surface area contributed by atoms with E-state index in [-0.39, 0.29) is 17.8 Å². The van der Waals surface area contributed by atoms with E-state index in [1.165, 1.54) is 12.1 Å². The van der Waals surface area contributed by atoms with Crippen molar-refractivity contribution in [3.05, 3.63) is 47.5 Å². The molecule has 2 aromatic rings. The Labute approximate surface area is 145 Å². The number of rotatable bonds is 6. The van der Waals surface area contributed by atoms with Gasteiger partial charge in [0.2, 0.25) is 0 Å². The Hall–Kier alpha value is -1.89. The molecule has 3 rings (SSSR count). The van der Waals surface area contributed by atoms with Gasteiger partial charge in [0.15, 0.2) is 5.69 Å². The zero-order valence-electron chi connectivity index (χ0n) is 13.6. The maximum absolute atomic E-state index is 13.2. The summed E-state index contributed by atoms with van der Waals surface area (Å²) in [4.78, 5) is 12.4. The molecule has 1 aliphatic carbocycles. The molecule has 0 radical (unpaired) electrons. The van der Waals surface area contributed by atoms with E-state index in [4.69, 9.17) is 0 Å². The summed E-state index contributed by atoms with van der Waals surface area (Å²) in [5, 5.41) is 11.5. The maximum Gasteiger partial charge on any atom is 0.273 e. The summed E-state index contributed by atoms with van der Waals surface area (Å²) in [7, 11) is 0. The minimum Gasteiger partial charge on any atom is -0.347 e. The van der Waals surface area contributed by atoms with Crippen molar-refractivity contribution in [2.75, 3.05) is 5.75 Å². The minimum atomic E-state index is -0.286. The molecule has 0 aliphatic heterocycles. The van der Waals surface area contributed by atoms with Gasteiger partial charge in [0, 0.05) is 11.3 Å². The molecule has 0 saturated heterocycles. The second kappa shape index (κ2) is 7.79. The number of nitrogens with zero attached hydrogens (tertiary/aromatic N) is 3. The molecular formula is C17H21FN4OS. The average Bonchev–Trinajstić information content (AvgIpc) is 3.18. The Morgan fingerprint density at radius 3 is 3.12 bits per heavy atom. The Balaban J connectivity index is 1.61. The van der Waals surface area contributed by atoms with Gasteiger partial charge >= 0.3 is 0 Å². The van der Waals surface area contributed by atoms with E-state index in [9.17, 15) is 9.18 Å². The van der Waals surface area contributed by atoms with Gasteiger partial charge in [-0.2, -0.15) is 11.8 Å². The number of aromatic nitrogens is 3. The van der Waals surface area contributed by atoms with Crippen LogP contribution in [0.1, 0.15) is 42.2 Å². The van der Waals surface area contributed by atoms with E-state index in [1.54, 1.807) is 16.9 Å². The number of thioether (sulfide) groups is 1. The highest BCUT2D eigenvalue weighted by molar-refractivity contribution is 7.99. The predicted molar refractivity (Wildman–Crippen MR) is 92.5 cm³/mol. The van der Waals surface area contributed by atoms with Gasteiger partial charge in [0.1, 0.15) is 5.82 Å². The first-order chi connectivity index (χ1) is 11.7. The third-order valence-electron chi connectivity index (χ3n) is 4.15. The highest BCUT2D eigenvalue weighted by Gasteiger charge is 2.29. The molecule has 0 unspecified atom stereocenters. The van der Waals surface area contributed by atoms with Crippen molar-refractivity contribution in [3.63, 3.8) is 0 Å². The molecule has 7 heteroatoms. The summed E-state index contributed by atoms with van der Waals surface area (Å²) in [6.07, 6.45) is 4.92. The van der Waals surface area contributed by atoms with Gasteiger partial charge in [-0.3, -0.25) is 4.79 Å². The topological polar surface area (TPSA) is 59.8 Å². The van der Waals surface area contributed by atoms with Crippen molar-refractivity contribution in [2.45, 2.75) is 44.0 Å². The Kier molecular flexibility index (Phi) is 5.50. The molecule has 128 valence electrons. The monoisotopic (exact) mass is 348 g/mol. The molecule has 1 aliphatic rings. The van der Waals surface area contributed by atoms with Crippen LogP contribution in [0.5, 0.6) is 0 Å². The molecule has 1 heterocycles. The standard InChI is InChI=1S/C17H21FN4OS/c1-2-24-16-8-4-7-14(16)19-17(23)15-11-22(21-20-15)10-12-5-3-6-13(18)9-12/h3,5-6,9,11,14,16H,2,4,7-8,10H2,1H3,(H,19,23)/t14-,16+/m0/s1. The van der Waals surface area contributed by atoms with Crippen LogP contribution in [-0.2, 0) is 6.54 Å². The SMILES string of the molecule is CCS[C@@H]1CCC[C@@H]1NC(=O)c1cn(Cc2cccc(F)c2)nn1. The molecule has 1 amide bonds. The lowest BCUT2D eigenvalue weighted by molar-refractivity contribution is 0.0933. The average molecular weight is 348 g/mol. The van der Waals surface area contributed by atoms with E-state index in [0.717, 1.165) is 30.6 Å². The van der Waals surface area contributed by atoms with Crippen LogP contribution >= 0.6 is 11.8 Å². The summed E-state index contributed by atoms with van der Waals surface area (Å²) in [6.45, 7) is 2.52. The molecule has 24 heavy (non-hydrogen) atoms. The number of hydrogen-bond donors (Lipinski definition) is 1. The fourth-order valence-electron chi connectivity index (χ4n) is 3.05. The van der Waals surface area contributed by atoms with Crippen LogP contribution in [0.25, 0.3) is 0 Å². The smallest absolute Gasteiger partial charge is 0.273 e. The van der Waals surface area contributed by atoms with Crippen LogP contribution in [0.2, 0.25) is 0 Å². The van der Waals surface area contributed by atoms with Crippen LogP contribution in [-0.4, -0.2) is 37.9 Å². The normalized spacial score (nSPS) is 20.2. The van der Waals surface area contributed by atoms with Crippen molar-refractivity contribution in [1.82, 2.24) is 20.3 Å². The summed E-state index contributed by atoms with van der Waals surface area (Å²) >= 11 is 1.90. The van der Waals surface area contributed by atoms with Gasteiger partial charge in [0.05, 0.1) is 12.7 Å². The Morgan fingerprint density at radius 1 is 1.46 bits per heavy atom. The number of hydrogen-bond acceptors (Lipinski definition) is 4. The van der Waals surface area contributed by atoms with Crippen LogP contribution in [0, 0.1) is 5.82 Å². The first kappa shape index (κ1) is 17.0. The molecule has 1 saturated carbocycles. The molecule has 1 N–H and O–H groups in total. The third kappa shape index (κ3) is 4.14. The quantitative estimate of drug-likeness (QED) is 0.872. The summed E-state index contributed by atoms with van der Waals surface area (Å²) < 4.78 is 14.8. The van der Waals surface area contributed by atoms with Gasteiger partial charge in [-0.15, -0.1) is 5.10 Å². The van der Waals surface area contributed by atoms with Crippen molar-refractivity contribution < 1.29 is 9.18 Å². The van der Waals surface area contributed by atoms with Crippen molar-refractivity contribution in [1.29, 1.82) is 0 Å². The van der Waals surface area contributed by atoms with E-state index < -0.39 is 0 Å². The van der Waals surface area contributed by atoms with E-state index in [1.807, 2.05) is 17.8 Å². The number of carbonyl (C=O) groups excluding carboxylic acids is 1. The van der Waals surface area contributed by atoms with Crippen LogP contribution in [0.4, 0.5) is 4.39 Å². The van der Waals surface area contributed by atoms with Crippen LogP contribution in [0.15, 0.2) is 30.5 Å². The molecule has 1 aromatic carbocycles. The summed E-state index contributed by atoms with van der Waals surface area (Å²) in [6, 6.07) is 6.52. The number of nitrogens with one attached hydrogen (secondary N) is 1. The van der Waals surface area contributed by atoms with Gasteiger partial charge in [-0.25, -0.2) is 9.07 Å². The molecule has 0 spiro atoms.